The van der Waals surface area contributed by atoms with Crippen LogP contribution in [0.3, 0.4) is 0 Å². The maximum absolute atomic E-state index is 12.2. The van der Waals surface area contributed by atoms with Crippen LogP contribution in [0.15, 0.2) is 41.4 Å². The van der Waals surface area contributed by atoms with Crippen molar-refractivity contribution in [2.75, 3.05) is 23.3 Å². The number of rotatable bonds is 5. The summed E-state index contributed by atoms with van der Waals surface area (Å²) in [5.41, 5.74) is 3.45. The lowest BCUT2D eigenvalue weighted by molar-refractivity contribution is 0.0509. The van der Waals surface area contributed by atoms with Crippen LogP contribution in [0.5, 0.6) is 0 Å². The molecule has 1 amide bonds. The van der Waals surface area contributed by atoms with Gasteiger partial charge in [0.25, 0.3) is 0 Å². The van der Waals surface area contributed by atoms with Crippen molar-refractivity contribution < 1.29 is 9.53 Å². The summed E-state index contributed by atoms with van der Waals surface area (Å²) in [5.74, 6) is 0. The molecule has 0 saturated carbocycles. The fourth-order valence-corrected chi connectivity index (χ4v) is 4.31. The molecule has 164 valence electrons. The predicted octanol–water partition coefficient (Wildman–Crippen LogP) is 4.44. The van der Waals surface area contributed by atoms with E-state index < -0.39 is 5.60 Å². The van der Waals surface area contributed by atoms with E-state index in [1.807, 2.05) is 51.5 Å². The largest absolute Gasteiger partial charge is 0.444 e. The quantitative estimate of drug-likeness (QED) is 0.493. The van der Waals surface area contributed by atoms with Crippen molar-refractivity contribution in [3.63, 3.8) is 0 Å². The molecule has 0 radical (unpaired) electrons. The third-order valence-corrected chi connectivity index (χ3v) is 5.64. The van der Waals surface area contributed by atoms with E-state index in [4.69, 9.17) is 4.74 Å². The standard InChI is InChI=1S/C22H27BrN6O2/c1-22(2,3)31-21(30)28-15-6-8-29(13-15)19-16(23)11-26-20-18(19)17(12-27-20)25-10-14-5-4-7-24-9-14/h4-5,7,9,11-12,15,25H,6,8,10,13H2,1-3H3,(H,26,27)(H,28,30)/t15-/m1/s1. The molecule has 4 rings (SSSR count). The van der Waals surface area contributed by atoms with Crippen molar-refractivity contribution in [3.05, 3.63) is 47.0 Å². The highest BCUT2D eigenvalue weighted by Gasteiger charge is 2.29. The second-order valence-electron chi connectivity index (χ2n) is 8.67. The average molecular weight is 487 g/mol. The average Bonchev–Trinajstić information content (AvgIpc) is 3.33. The summed E-state index contributed by atoms with van der Waals surface area (Å²) in [6.45, 7) is 7.78. The number of pyridine rings is 2. The number of carbonyl (C=O) groups excluding carboxylic acids is 1. The van der Waals surface area contributed by atoms with Crippen molar-refractivity contribution in [2.24, 2.45) is 0 Å². The SMILES string of the molecule is CC(C)(C)OC(=O)N[C@@H]1CCN(c2c(Br)cnc3[nH]cc(NCc4cccnc4)c23)C1. The molecule has 0 aromatic carbocycles. The molecule has 9 heteroatoms. The van der Waals surface area contributed by atoms with Crippen LogP contribution in [0, 0.1) is 0 Å². The molecule has 0 unspecified atom stereocenters. The van der Waals surface area contributed by atoms with Gasteiger partial charge in [-0.15, -0.1) is 0 Å². The van der Waals surface area contributed by atoms with Gasteiger partial charge in [0.05, 0.1) is 27.3 Å². The smallest absolute Gasteiger partial charge is 0.407 e. The minimum atomic E-state index is -0.511. The van der Waals surface area contributed by atoms with E-state index in [0.29, 0.717) is 13.1 Å². The van der Waals surface area contributed by atoms with Gasteiger partial charge in [-0.3, -0.25) is 4.98 Å². The first-order valence-electron chi connectivity index (χ1n) is 10.3. The van der Waals surface area contributed by atoms with Crippen LogP contribution in [0.25, 0.3) is 11.0 Å². The first kappa shape index (κ1) is 21.4. The third-order valence-electron chi connectivity index (χ3n) is 5.06. The Morgan fingerprint density at radius 3 is 2.97 bits per heavy atom. The van der Waals surface area contributed by atoms with E-state index in [1.54, 1.807) is 6.20 Å². The fraction of sp³-hybridized carbons (Fsp3) is 0.409. The number of H-pyrrole nitrogens is 1. The molecule has 3 aromatic heterocycles. The molecular formula is C22H27BrN6O2. The second-order valence-corrected chi connectivity index (χ2v) is 9.53. The molecule has 0 bridgehead atoms. The fourth-order valence-electron chi connectivity index (χ4n) is 3.76. The van der Waals surface area contributed by atoms with E-state index in [1.165, 1.54) is 0 Å². The van der Waals surface area contributed by atoms with Gasteiger partial charge in [0.15, 0.2) is 0 Å². The summed E-state index contributed by atoms with van der Waals surface area (Å²) < 4.78 is 6.33. The van der Waals surface area contributed by atoms with Gasteiger partial charge in [-0.1, -0.05) is 6.07 Å². The summed E-state index contributed by atoms with van der Waals surface area (Å²) in [4.78, 5) is 26.4. The minimum Gasteiger partial charge on any atom is -0.444 e. The summed E-state index contributed by atoms with van der Waals surface area (Å²) in [6, 6.07) is 3.99. The molecule has 1 aliphatic heterocycles. The number of aromatic nitrogens is 3. The Balaban J connectivity index is 1.53. The summed E-state index contributed by atoms with van der Waals surface area (Å²) in [5, 5.41) is 7.51. The van der Waals surface area contributed by atoms with Gasteiger partial charge < -0.3 is 25.3 Å². The summed E-state index contributed by atoms with van der Waals surface area (Å²) >= 11 is 3.69. The monoisotopic (exact) mass is 486 g/mol. The number of anilines is 2. The van der Waals surface area contributed by atoms with E-state index >= 15 is 0 Å². The molecule has 4 heterocycles. The zero-order chi connectivity index (χ0) is 22.0. The predicted molar refractivity (Wildman–Crippen MR) is 125 cm³/mol. The molecule has 31 heavy (non-hydrogen) atoms. The van der Waals surface area contributed by atoms with E-state index in [-0.39, 0.29) is 12.1 Å². The van der Waals surface area contributed by atoms with Gasteiger partial charge in [0.2, 0.25) is 0 Å². The van der Waals surface area contributed by atoms with Gasteiger partial charge in [-0.25, -0.2) is 9.78 Å². The Morgan fingerprint density at radius 1 is 1.39 bits per heavy atom. The number of ether oxygens (including phenoxy) is 1. The summed E-state index contributed by atoms with van der Waals surface area (Å²) in [7, 11) is 0. The van der Waals surface area contributed by atoms with Crippen molar-refractivity contribution in [1.29, 1.82) is 0 Å². The molecule has 8 nitrogen and oxygen atoms in total. The number of alkyl carbamates (subject to hydrolysis) is 1. The van der Waals surface area contributed by atoms with Gasteiger partial charge in [-0.2, -0.15) is 0 Å². The van der Waals surface area contributed by atoms with E-state index in [0.717, 1.165) is 45.4 Å². The highest BCUT2D eigenvalue weighted by Crippen LogP contribution is 2.39. The number of aromatic amines is 1. The lowest BCUT2D eigenvalue weighted by atomic mass is 10.2. The van der Waals surface area contributed by atoms with Crippen molar-refractivity contribution in [3.8, 4) is 0 Å². The number of amides is 1. The number of nitrogens with one attached hydrogen (secondary N) is 3. The zero-order valence-corrected chi connectivity index (χ0v) is 19.5. The Labute approximate surface area is 189 Å². The van der Waals surface area contributed by atoms with Crippen LogP contribution in [0.2, 0.25) is 0 Å². The second kappa shape index (κ2) is 8.74. The summed E-state index contributed by atoms with van der Waals surface area (Å²) in [6.07, 6.45) is 7.84. The Bertz CT molecular complexity index is 1060. The molecule has 0 aliphatic carbocycles. The van der Waals surface area contributed by atoms with Gasteiger partial charge >= 0.3 is 6.09 Å². The number of nitrogens with zero attached hydrogens (tertiary/aromatic N) is 3. The van der Waals surface area contributed by atoms with Crippen molar-refractivity contribution >= 4 is 44.4 Å². The van der Waals surface area contributed by atoms with Crippen LogP contribution in [0.1, 0.15) is 32.8 Å². The first-order chi connectivity index (χ1) is 14.8. The van der Waals surface area contributed by atoms with E-state index in [2.05, 4.69) is 46.4 Å². The number of carbonyl (C=O) groups is 1. The minimum absolute atomic E-state index is 0.0238. The number of hydrogen-bond acceptors (Lipinski definition) is 6. The Hall–Kier alpha value is -2.81. The molecular weight excluding hydrogens is 460 g/mol. The topological polar surface area (TPSA) is 95.2 Å². The lowest BCUT2D eigenvalue weighted by Gasteiger charge is -2.23. The van der Waals surface area contributed by atoms with Crippen LogP contribution >= 0.6 is 15.9 Å². The Morgan fingerprint density at radius 2 is 2.23 bits per heavy atom. The third kappa shape index (κ3) is 5.10. The van der Waals surface area contributed by atoms with Gasteiger partial charge in [0.1, 0.15) is 11.2 Å². The molecule has 3 N–H and O–H groups in total. The Kier molecular flexibility index (Phi) is 6.04. The van der Waals surface area contributed by atoms with E-state index in [9.17, 15) is 4.79 Å². The van der Waals surface area contributed by atoms with Crippen LogP contribution < -0.4 is 15.5 Å². The van der Waals surface area contributed by atoms with Gasteiger partial charge in [-0.05, 0) is 54.8 Å². The van der Waals surface area contributed by atoms with Gasteiger partial charge in [0, 0.05) is 44.4 Å². The number of fused-ring (bicyclic) bond motifs is 1. The van der Waals surface area contributed by atoms with Crippen LogP contribution in [-0.2, 0) is 11.3 Å². The molecule has 1 fully saturated rings. The maximum atomic E-state index is 12.2. The first-order valence-corrected chi connectivity index (χ1v) is 11.1. The molecule has 1 atom stereocenters. The highest BCUT2D eigenvalue weighted by molar-refractivity contribution is 9.10. The maximum Gasteiger partial charge on any atom is 0.407 e. The number of hydrogen-bond donors (Lipinski definition) is 3. The number of halogens is 1. The molecule has 1 aliphatic rings. The molecule has 0 spiro atoms. The van der Waals surface area contributed by atoms with Crippen molar-refractivity contribution in [1.82, 2.24) is 20.3 Å². The lowest BCUT2D eigenvalue weighted by Crippen LogP contribution is -2.40. The zero-order valence-electron chi connectivity index (χ0n) is 17.9. The molecule has 1 saturated heterocycles. The van der Waals surface area contributed by atoms with Crippen LogP contribution in [-0.4, -0.2) is 45.8 Å². The normalized spacial score (nSPS) is 16.5. The van der Waals surface area contributed by atoms with Crippen molar-refractivity contribution in [2.45, 2.75) is 45.4 Å². The highest BCUT2D eigenvalue weighted by atomic mass is 79.9. The molecule has 3 aromatic rings. The van der Waals surface area contributed by atoms with Crippen LogP contribution in [0.4, 0.5) is 16.2 Å².